The number of halogens is 1. The summed E-state index contributed by atoms with van der Waals surface area (Å²) >= 11 is 5.98. The molecule has 1 fully saturated rings. The molecule has 1 saturated heterocycles. The number of fused-ring (bicyclic) bond motifs is 1. The first-order valence-corrected chi connectivity index (χ1v) is 7.97. The van der Waals surface area contributed by atoms with E-state index in [1.165, 1.54) is 0 Å². The summed E-state index contributed by atoms with van der Waals surface area (Å²) in [5, 5.41) is 10.5. The number of aliphatic carboxylic acids is 1. The molecular formula is C17H17ClN2O4. The van der Waals surface area contributed by atoms with Gasteiger partial charge < -0.3 is 14.7 Å². The minimum Gasteiger partial charge on any atom is -0.481 e. The molecule has 0 radical (unpaired) electrons. The lowest BCUT2D eigenvalue weighted by Gasteiger charge is -2.22. The van der Waals surface area contributed by atoms with Crippen molar-refractivity contribution in [1.29, 1.82) is 0 Å². The molecule has 6 nitrogen and oxygen atoms in total. The molecular weight excluding hydrogens is 332 g/mol. The highest BCUT2D eigenvalue weighted by atomic mass is 35.5. The fourth-order valence-corrected chi connectivity index (χ4v) is 3.21. The molecule has 24 heavy (non-hydrogen) atoms. The second-order valence-electron chi connectivity index (χ2n) is 5.84. The molecule has 1 aromatic heterocycles. The van der Waals surface area contributed by atoms with E-state index in [4.69, 9.17) is 21.4 Å². The predicted molar refractivity (Wildman–Crippen MR) is 89.2 cm³/mol. The highest BCUT2D eigenvalue weighted by Crippen LogP contribution is 2.25. The van der Waals surface area contributed by atoms with E-state index in [9.17, 15) is 9.59 Å². The molecule has 0 bridgehead atoms. The summed E-state index contributed by atoms with van der Waals surface area (Å²) < 4.78 is 5.30. The van der Waals surface area contributed by atoms with Gasteiger partial charge in [0, 0.05) is 30.1 Å². The van der Waals surface area contributed by atoms with Crippen molar-refractivity contribution in [3.8, 4) is 0 Å². The number of carbonyl (C=O) groups excluding carboxylic acids is 1. The Morgan fingerprint density at radius 1 is 1.38 bits per heavy atom. The number of nitrogens with zero attached hydrogens (tertiary/aromatic N) is 2. The van der Waals surface area contributed by atoms with E-state index < -0.39 is 12.0 Å². The number of carboxylic acid groups (broad SMARTS) is 1. The number of rotatable bonds is 4. The maximum absolute atomic E-state index is 12.8. The average molecular weight is 349 g/mol. The third-order valence-corrected chi connectivity index (χ3v) is 4.49. The first kappa shape index (κ1) is 16.7. The van der Waals surface area contributed by atoms with Crippen molar-refractivity contribution < 1.29 is 19.4 Å². The highest BCUT2D eigenvalue weighted by molar-refractivity contribution is 6.31. The maximum atomic E-state index is 12.8. The number of likely N-dealkylation sites (tertiary alicyclic amines) is 1. The summed E-state index contributed by atoms with van der Waals surface area (Å²) in [6.07, 6.45) is 0.243. The zero-order chi connectivity index (χ0) is 17.3. The largest absolute Gasteiger partial charge is 0.481 e. The summed E-state index contributed by atoms with van der Waals surface area (Å²) in [5.41, 5.74) is 0.905. The second kappa shape index (κ2) is 6.75. The quantitative estimate of drug-likeness (QED) is 0.918. The van der Waals surface area contributed by atoms with Crippen molar-refractivity contribution in [2.45, 2.75) is 25.0 Å². The highest BCUT2D eigenvalue weighted by Gasteiger charge is 2.37. The van der Waals surface area contributed by atoms with Crippen LogP contribution in [0, 0.1) is 0 Å². The van der Waals surface area contributed by atoms with Crippen LogP contribution in [0.4, 0.5) is 0 Å². The standard InChI is InChI=1S/C17H17ClN2O4/c1-24-13-7-12(8-16(21)22)20(9-13)17(23)14-5-3-10-2-4-11(18)6-15(10)19-14/h2-6,12-13H,7-9H2,1H3,(H,21,22). The Labute approximate surface area is 144 Å². The number of benzene rings is 1. The van der Waals surface area contributed by atoms with E-state index in [2.05, 4.69) is 4.98 Å². The molecule has 2 aromatic rings. The monoisotopic (exact) mass is 348 g/mol. The van der Waals surface area contributed by atoms with Crippen LogP contribution in [0.15, 0.2) is 30.3 Å². The van der Waals surface area contributed by atoms with E-state index in [0.29, 0.717) is 23.5 Å². The van der Waals surface area contributed by atoms with Crippen LogP contribution in [0.25, 0.3) is 10.9 Å². The van der Waals surface area contributed by atoms with Crippen molar-refractivity contribution in [3.63, 3.8) is 0 Å². The zero-order valence-electron chi connectivity index (χ0n) is 13.1. The molecule has 7 heteroatoms. The van der Waals surface area contributed by atoms with Crippen LogP contribution in [0.2, 0.25) is 5.02 Å². The number of hydrogen-bond acceptors (Lipinski definition) is 4. The smallest absolute Gasteiger partial charge is 0.305 e. The molecule has 1 N–H and O–H groups in total. The molecule has 1 aliphatic rings. The van der Waals surface area contributed by atoms with E-state index in [1.54, 1.807) is 30.2 Å². The van der Waals surface area contributed by atoms with Gasteiger partial charge in [0.15, 0.2) is 0 Å². The molecule has 0 saturated carbocycles. The Hall–Kier alpha value is -2.18. The summed E-state index contributed by atoms with van der Waals surface area (Å²) in [5.74, 6) is -1.23. The fraction of sp³-hybridized carbons (Fsp3) is 0.353. The third kappa shape index (κ3) is 3.34. The van der Waals surface area contributed by atoms with Crippen molar-refractivity contribution in [2.24, 2.45) is 0 Å². The molecule has 0 aliphatic carbocycles. The Morgan fingerprint density at radius 3 is 2.83 bits per heavy atom. The number of hydrogen-bond donors (Lipinski definition) is 1. The SMILES string of the molecule is COC1CC(CC(=O)O)N(C(=O)c2ccc3ccc(Cl)cc3n2)C1. The Morgan fingerprint density at radius 2 is 2.12 bits per heavy atom. The fourth-order valence-electron chi connectivity index (χ4n) is 3.04. The van der Waals surface area contributed by atoms with E-state index >= 15 is 0 Å². The number of pyridine rings is 1. The van der Waals surface area contributed by atoms with Gasteiger partial charge in [-0.1, -0.05) is 23.7 Å². The van der Waals surface area contributed by atoms with E-state index in [0.717, 1.165) is 5.39 Å². The molecule has 0 spiro atoms. The van der Waals surface area contributed by atoms with Gasteiger partial charge in [0.05, 0.1) is 18.0 Å². The second-order valence-corrected chi connectivity index (χ2v) is 6.27. The topological polar surface area (TPSA) is 79.7 Å². The number of carbonyl (C=O) groups is 2. The van der Waals surface area contributed by atoms with Gasteiger partial charge in [-0.15, -0.1) is 0 Å². The van der Waals surface area contributed by atoms with Crippen LogP contribution in [0.3, 0.4) is 0 Å². The van der Waals surface area contributed by atoms with Gasteiger partial charge in [-0.25, -0.2) is 4.98 Å². The van der Waals surface area contributed by atoms with Gasteiger partial charge in [0.25, 0.3) is 5.91 Å². The molecule has 3 rings (SSSR count). The van der Waals surface area contributed by atoms with Gasteiger partial charge in [0.1, 0.15) is 5.69 Å². The molecule has 2 atom stereocenters. The molecule has 126 valence electrons. The maximum Gasteiger partial charge on any atom is 0.305 e. The Kier molecular flexibility index (Phi) is 4.69. The Balaban J connectivity index is 1.90. The third-order valence-electron chi connectivity index (χ3n) is 4.25. The first-order valence-electron chi connectivity index (χ1n) is 7.60. The van der Waals surface area contributed by atoms with Crippen LogP contribution < -0.4 is 0 Å². The number of methoxy groups -OCH3 is 1. The molecule has 2 unspecified atom stereocenters. The number of ether oxygens (including phenoxy) is 1. The number of amides is 1. The van der Waals surface area contributed by atoms with Crippen LogP contribution in [0.1, 0.15) is 23.3 Å². The lowest BCUT2D eigenvalue weighted by molar-refractivity contribution is -0.138. The summed E-state index contributed by atoms with van der Waals surface area (Å²) in [6, 6.07) is 8.36. The Bertz CT molecular complexity index is 795. The summed E-state index contributed by atoms with van der Waals surface area (Å²) in [4.78, 5) is 29.8. The van der Waals surface area contributed by atoms with Crippen LogP contribution >= 0.6 is 11.6 Å². The van der Waals surface area contributed by atoms with Crippen molar-refractivity contribution in [3.05, 3.63) is 41.0 Å². The van der Waals surface area contributed by atoms with Gasteiger partial charge in [-0.2, -0.15) is 0 Å². The molecule has 2 heterocycles. The van der Waals surface area contributed by atoms with Gasteiger partial charge >= 0.3 is 5.97 Å². The van der Waals surface area contributed by atoms with Crippen molar-refractivity contribution >= 4 is 34.4 Å². The summed E-state index contributed by atoms with van der Waals surface area (Å²) in [6.45, 7) is 0.364. The van der Waals surface area contributed by atoms with Gasteiger partial charge in [0.2, 0.25) is 0 Å². The van der Waals surface area contributed by atoms with Crippen molar-refractivity contribution in [2.75, 3.05) is 13.7 Å². The molecule has 1 aromatic carbocycles. The minimum atomic E-state index is -0.937. The zero-order valence-corrected chi connectivity index (χ0v) is 13.9. The molecule has 1 aliphatic heterocycles. The summed E-state index contributed by atoms with van der Waals surface area (Å²) in [7, 11) is 1.56. The number of aromatic nitrogens is 1. The molecule has 1 amide bonds. The van der Waals surface area contributed by atoms with Crippen LogP contribution in [-0.2, 0) is 9.53 Å². The van der Waals surface area contributed by atoms with Crippen molar-refractivity contribution in [1.82, 2.24) is 9.88 Å². The number of carboxylic acids is 1. The minimum absolute atomic E-state index is 0.106. The van der Waals surface area contributed by atoms with E-state index in [-0.39, 0.29) is 24.1 Å². The lowest BCUT2D eigenvalue weighted by atomic mass is 10.1. The van der Waals surface area contributed by atoms with Gasteiger partial charge in [-0.05, 0) is 24.6 Å². The van der Waals surface area contributed by atoms with Crippen LogP contribution in [0.5, 0.6) is 0 Å². The van der Waals surface area contributed by atoms with Gasteiger partial charge in [-0.3, -0.25) is 9.59 Å². The normalized spacial score (nSPS) is 20.5. The van der Waals surface area contributed by atoms with Crippen LogP contribution in [-0.4, -0.2) is 52.7 Å². The lowest BCUT2D eigenvalue weighted by Crippen LogP contribution is -2.37. The predicted octanol–water partition coefficient (Wildman–Crippen LogP) is 2.59. The van der Waals surface area contributed by atoms with E-state index in [1.807, 2.05) is 12.1 Å². The first-order chi connectivity index (χ1) is 11.5. The average Bonchev–Trinajstić information content (AvgIpc) is 2.95.